The van der Waals surface area contributed by atoms with E-state index in [4.69, 9.17) is 4.52 Å². The Morgan fingerprint density at radius 2 is 2.10 bits per heavy atom. The molecule has 3 aromatic heterocycles. The van der Waals surface area contributed by atoms with Gasteiger partial charge in [-0.3, -0.25) is 9.78 Å². The van der Waals surface area contributed by atoms with E-state index in [1.54, 1.807) is 26.2 Å². The number of piperidine rings is 1. The summed E-state index contributed by atoms with van der Waals surface area (Å²) in [5.74, 6) is -0.319. The molecule has 1 aliphatic heterocycles. The van der Waals surface area contributed by atoms with Crippen molar-refractivity contribution in [3.8, 4) is 11.3 Å². The van der Waals surface area contributed by atoms with Crippen molar-refractivity contribution in [2.24, 2.45) is 5.92 Å². The van der Waals surface area contributed by atoms with Crippen molar-refractivity contribution in [2.75, 3.05) is 13.1 Å². The Bertz CT molecular complexity index is 1150. The lowest BCUT2D eigenvalue weighted by atomic mass is 9.99. The molecule has 0 aliphatic carbocycles. The van der Waals surface area contributed by atoms with E-state index in [0.29, 0.717) is 31.6 Å². The van der Waals surface area contributed by atoms with Crippen LogP contribution in [0.15, 0.2) is 39.3 Å². The van der Waals surface area contributed by atoms with Crippen LogP contribution < -0.4 is 5.32 Å². The van der Waals surface area contributed by atoms with E-state index in [9.17, 15) is 13.2 Å². The lowest BCUT2D eigenvalue weighted by molar-refractivity contribution is -0.126. The summed E-state index contributed by atoms with van der Waals surface area (Å²) < 4.78 is 32.5. The second-order valence-electron chi connectivity index (χ2n) is 7.44. The topological polar surface area (TPSA) is 118 Å². The lowest BCUT2D eigenvalue weighted by Crippen LogP contribution is -2.45. The van der Waals surface area contributed by atoms with Crippen molar-refractivity contribution in [3.63, 3.8) is 0 Å². The van der Waals surface area contributed by atoms with Gasteiger partial charge in [0.25, 0.3) is 0 Å². The monoisotopic (exact) mass is 461 g/mol. The van der Waals surface area contributed by atoms with Crippen molar-refractivity contribution in [3.05, 3.63) is 46.4 Å². The van der Waals surface area contributed by atoms with Gasteiger partial charge in [0.15, 0.2) is 5.76 Å². The minimum absolute atomic E-state index is 0.0972. The molecule has 9 nitrogen and oxygen atoms in total. The van der Waals surface area contributed by atoms with E-state index in [-0.39, 0.29) is 23.1 Å². The van der Waals surface area contributed by atoms with Crippen LogP contribution in [0.2, 0.25) is 0 Å². The van der Waals surface area contributed by atoms with Gasteiger partial charge >= 0.3 is 0 Å². The fourth-order valence-corrected chi connectivity index (χ4v) is 6.26. The van der Waals surface area contributed by atoms with Gasteiger partial charge in [0.05, 0.1) is 18.2 Å². The van der Waals surface area contributed by atoms with Gasteiger partial charge in [-0.05, 0) is 38.8 Å². The van der Waals surface area contributed by atoms with Crippen molar-refractivity contribution in [1.29, 1.82) is 0 Å². The van der Waals surface area contributed by atoms with Crippen LogP contribution in [0, 0.1) is 19.8 Å². The number of aryl methyl sites for hydroxylation is 2. The number of carbonyl (C=O) groups is 1. The maximum atomic E-state index is 13.1. The van der Waals surface area contributed by atoms with Gasteiger partial charge in [0, 0.05) is 36.4 Å². The zero-order valence-corrected chi connectivity index (χ0v) is 18.9. The van der Waals surface area contributed by atoms with Gasteiger partial charge in [-0.25, -0.2) is 13.4 Å². The Balaban J connectivity index is 1.39. The minimum Gasteiger partial charge on any atom is -0.360 e. The highest BCUT2D eigenvalue weighted by molar-refractivity contribution is 7.89. The zero-order chi connectivity index (χ0) is 22.0. The van der Waals surface area contributed by atoms with Gasteiger partial charge in [-0.15, -0.1) is 11.3 Å². The predicted molar refractivity (Wildman–Crippen MR) is 115 cm³/mol. The van der Waals surface area contributed by atoms with E-state index in [1.165, 1.54) is 15.6 Å². The molecule has 1 N–H and O–H groups in total. The molecule has 1 atom stereocenters. The Morgan fingerprint density at radius 1 is 1.32 bits per heavy atom. The molecule has 0 bridgehead atoms. The fraction of sp³-hybridized carbons (Fsp3) is 0.400. The molecule has 0 saturated carbocycles. The molecule has 31 heavy (non-hydrogen) atoms. The first-order valence-corrected chi connectivity index (χ1v) is 12.2. The van der Waals surface area contributed by atoms with Crippen molar-refractivity contribution in [2.45, 2.75) is 38.1 Å². The fourth-order valence-electron chi connectivity index (χ4n) is 3.70. The van der Waals surface area contributed by atoms with Crippen LogP contribution in [-0.2, 0) is 21.4 Å². The molecular weight excluding hydrogens is 438 g/mol. The summed E-state index contributed by atoms with van der Waals surface area (Å²) in [4.78, 5) is 21.4. The van der Waals surface area contributed by atoms with E-state index in [2.05, 4.69) is 20.4 Å². The molecule has 1 saturated heterocycles. The van der Waals surface area contributed by atoms with Crippen LogP contribution in [0.3, 0.4) is 0 Å². The Morgan fingerprint density at radius 3 is 2.81 bits per heavy atom. The number of nitrogens with zero attached hydrogens (tertiary/aromatic N) is 4. The lowest BCUT2D eigenvalue weighted by Gasteiger charge is -2.31. The SMILES string of the molecule is Cc1noc(C)c1S(=O)(=O)N1CCCC(C(=O)NCc2nc(-c3ccncc3)cs2)C1. The first-order valence-electron chi connectivity index (χ1n) is 9.92. The molecule has 4 heterocycles. The van der Waals surface area contributed by atoms with Crippen molar-refractivity contribution >= 4 is 27.3 Å². The highest BCUT2D eigenvalue weighted by Crippen LogP contribution is 2.28. The van der Waals surface area contributed by atoms with E-state index in [0.717, 1.165) is 16.3 Å². The van der Waals surface area contributed by atoms with Crippen molar-refractivity contribution < 1.29 is 17.7 Å². The molecule has 1 fully saturated rings. The number of sulfonamides is 1. The maximum absolute atomic E-state index is 13.1. The first-order chi connectivity index (χ1) is 14.9. The van der Waals surface area contributed by atoms with E-state index < -0.39 is 15.9 Å². The van der Waals surface area contributed by atoms with Crippen LogP contribution >= 0.6 is 11.3 Å². The minimum atomic E-state index is -3.76. The average molecular weight is 462 g/mol. The first kappa shape index (κ1) is 21.6. The number of rotatable bonds is 6. The summed E-state index contributed by atoms with van der Waals surface area (Å²) in [6, 6.07) is 3.76. The van der Waals surface area contributed by atoms with Crippen LogP contribution in [0.5, 0.6) is 0 Å². The second-order valence-corrected chi connectivity index (χ2v) is 10.3. The molecule has 4 rings (SSSR count). The summed E-state index contributed by atoms with van der Waals surface area (Å²) in [6.07, 6.45) is 4.67. The number of thiazole rings is 1. The van der Waals surface area contributed by atoms with Crippen molar-refractivity contribution in [1.82, 2.24) is 24.7 Å². The quantitative estimate of drug-likeness (QED) is 0.599. The molecule has 164 valence electrons. The number of hydrogen-bond acceptors (Lipinski definition) is 8. The normalized spacial score (nSPS) is 17.5. The standard InChI is InChI=1S/C20H23N5O4S2/c1-13-19(14(2)29-24-13)31(27,28)25-9-3-4-16(11-25)20(26)22-10-18-23-17(12-30-18)15-5-7-21-8-6-15/h5-8,12,16H,3-4,9-11H2,1-2H3,(H,22,26). The number of amides is 1. The maximum Gasteiger partial charge on any atom is 0.248 e. The Kier molecular flexibility index (Phi) is 6.17. The zero-order valence-electron chi connectivity index (χ0n) is 17.2. The molecule has 1 unspecified atom stereocenters. The van der Waals surface area contributed by atoms with E-state index in [1.807, 2.05) is 17.5 Å². The molecule has 3 aromatic rings. The number of aromatic nitrogens is 3. The van der Waals surface area contributed by atoms with Crippen LogP contribution in [0.25, 0.3) is 11.3 Å². The summed E-state index contributed by atoms with van der Waals surface area (Å²) in [5, 5.41) is 9.38. The highest BCUT2D eigenvalue weighted by atomic mass is 32.2. The highest BCUT2D eigenvalue weighted by Gasteiger charge is 2.36. The largest absolute Gasteiger partial charge is 0.360 e. The van der Waals surface area contributed by atoms with Gasteiger partial charge in [0.2, 0.25) is 15.9 Å². The Labute approximate surface area is 184 Å². The van der Waals surface area contributed by atoms with E-state index >= 15 is 0 Å². The summed E-state index contributed by atoms with van der Waals surface area (Å²) in [5.41, 5.74) is 2.14. The van der Waals surface area contributed by atoms with Gasteiger partial charge < -0.3 is 9.84 Å². The number of carbonyl (C=O) groups excluding carboxylic acids is 1. The molecule has 0 aromatic carbocycles. The molecular formula is C20H23N5O4S2. The smallest absolute Gasteiger partial charge is 0.248 e. The van der Waals surface area contributed by atoms with Crippen LogP contribution in [0.1, 0.15) is 29.3 Å². The second kappa shape index (κ2) is 8.85. The number of hydrogen-bond donors (Lipinski definition) is 1. The molecule has 1 aliphatic rings. The third kappa shape index (κ3) is 4.53. The molecule has 11 heteroatoms. The van der Waals surface area contributed by atoms with Gasteiger partial charge in [-0.1, -0.05) is 5.16 Å². The Hall–Kier alpha value is -2.63. The average Bonchev–Trinajstić information content (AvgIpc) is 3.39. The number of pyridine rings is 1. The van der Waals surface area contributed by atoms with Gasteiger partial charge in [-0.2, -0.15) is 4.31 Å². The van der Waals surface area contributed by atoms with Crippen LogP contribution in [0.4, 0.5) is 0 Å². The summed E-state index contributed by atoms with van der Waals surface area (Å²) >= 11 is 1.47. The predicted octanol–water partition coefficient (Wildman–Crippen LogP) is 2.53. The summed E-state index contributed by atoms with van der Waals surface area (Å²) in [7, 11) is -3.76. The third-order valence-corrected chi connectivity index (χ3v) is 8.22. The van der Waals surface area contributed by atoms with Crippen LogP contribution in [-0.4, -0.2) is 46.8 Å². The summed E-state index contributed by atoms with van der Waals surface area (Å²) in [6.45, 7) is 4.00. The number of nitrogens with one attached hydrogen (secondary N) is 1. The molecule has 1 amide bonds. The van der Waals surface area contributed by atoms with Gasteiger partial charge in [0.1, 0.15) is 15.6 Å². The molecule has 0 radical (unpaired) electrons. The third-order valence-electron chi connectivity index (χ3n) is 5.26. The molecule has 0 spiro atoms.